The molecule has 3 fully saturated rings. The molecule has 0 radical (unpaired) electrons. The molecule has 2 atom stereocenters. The van der Waals surface area contributed by atoms with Crippen LogP contribution < -0.4 is 0 Å². The second-order valence-electron chi connectivity index (χ2n) is 8.07. The van der Waals surface area contributed by atoms with Crippen LogP contribution >= 0.6 is 0 Å². The Morgan fingerprint density at radius 1 is 1.11 bits per heavy atom. The van der Waals surface area contributed by atoms with Crippen molar-refractivity contribution in [2.24, 2.45) is 5.92 Å². The molecule has 1 aromatic carbocycles. The molecule has 0 spiro atoms. The van der Waals surface area contributed by atoms with Crippen molar-refractivity contribution in [2.45, 2.75) is 52.7 Å². The Hall–Kier alpha value is -2.14. The minimum absolute atomic E-state index is 0.181. The molecule has 0 aliphatic carbocycles. The van der Waals surface area contributed by atoms with Crippen LogP contribution in [0.2, 0.25) is 0 Å². The van der Waals surface area contributed by atoms with Gasteiger partial charge in [0, 0.05) is 55.6 Å². The molecular weight excluding hydrogens is 336 g/mol. The van der Waals surface area contributed by atoms with E-state index in [0.29, 0.717) is 12.0 Å². The number of aryl methyl sites for hydroxylation is 2. The molecule has 3 aliphatic rings. The van der Waals surface area contributed by atoms with Crippen LogP contribution in [-0.2, 0) is 13.1 Å². The molecule has 144 valence electrons. The van der Waals surface area contributed by atoms with Crippen LogP contribution in [0.3, 0.4) is 0 Å². The van der Waals surface area contributed by atoms with Gasteiger partial charge in [0.05, 0.1) is 5.69 Å². The molecule has 3 saturated heterocycles. The summed E-state index contributed by atoms with van der Waals surface area (Å²) in [5.74, 6) is 0.749. The monoisotopic (exact) mass is 366 g/mol. The van der Waals surface area contributed by atoms with Gasteiger partial charge >= 0.3 is 0 Å². The van der Waals surface area contributed by atoms with Crippen LogP contribution in [0.25, 0.3) is 0 Å². The van der Waals surface area contributed by atoms with Gasteiger partial charge in [-0.2, -0.15) is 5.10 Å². The molecule has 4 heterocycles. The van der Waals surface area contributed by atoms with Crippen LogP contribution in [0.4, 0.5) is 0 Å². The fourth-order valence-electron chi connectivity index (χ4n) is 4.78. The van der Waals surface area contributed by atoms with E-state index in [-0.39, 0.29) is 5.91 Å². The van der Waals surface area contributed by atoms with Crippen LogP contribution in [-0.4, -0.2) is 51.2 Å². The summed E-state index contributed by atoms with van der Waals surface area (Å²) < 4.78 is 2.10. The van der Waals surface area contributed by atoms with Crippen LogP contribution in [0.5, 0.6) is 0 Å². The first-order chi connectivity index (χ1) is 13.1. The number of rotatable bonds is 4. The van der Waals surface area contributed by atoms with E-state index >= 15 is 0 Å². The summed E-state index contributed by atoms with van der Waals surface area (Å²) in [6.07, 6.45) is 2.41. The van der Waals surface area contributed by atoms with Crippen molar-refractivity contribution in [3.05, 3.63) is 52.8 Å². The van der Waals surface area contributed by atoms with E-state index in [1.807, 2.05) is 30.3 Å². The Morgan fingerprint density at radius 2 is 1.89 bits per heavy atom. The van der Waals surface area contributed by atoms with Gasteiger partial charge in [0.1, 0.15) is 0 Å². The lowest BCUT2D eigenvalue weighted by atomic mass is 9.94. The van der Waals surface area contributed by atoms with E-state index < -0.39 is 0 Å². The Balaban J connectivity index is 1.52. The molecule has 2 aromatic rings. The SMILES string of the molecule is CCn1nc(C)c(CN2C[C@H]3CC[C@@H]2CN(C(=O)c2ccccc2)C3)c1C. The van der Waals surface area contributed by atoms with Crippen molar-refractivity contribution < 1.29 is 4.79 Å². The van der Waals surface area contributed by atoms with Gasteiger partial charge in [-0.3, -0.25) is 14.4 Å². The number of benzene rings is 1. The van der Waals surface area contributed by atoms with E-state index in [0.717, 1.165) is 44.0 Å². The van der Waals surface area contributed by atoms with Crippen LogP contribution in [0, 0.1) is 19.8 Å². The molecule has 1 aromatic heterocycles. The molecule has 0 N–H and O–H groups in total. The summed E-state index contributed by atoms with van der Waals surface area (Å²) in [6.45, 7) is 11.1. The zero-order valence-electron chi connectivity index (χ0n) is 16.7. The standard InChI is InChI=1S/C22H30N4O/c1-4-26-17(3)21(16(2)23-26)15-24-12-18-10-11-20(24)14-25(13-18)22(27)19-8-6-5-7-9-19/h5-9,18,20H,4,10-15H2,1-3H3/t18-,20-/m1/s1. The maximum Gasteiger partial charge on any atom is 0.253 e. The predicted octanol–water partition coefficient (Wildman–Crippen LogP) is 3.26. The first-order valence-corrected chi connectivity index (χ1v) is 10.2. The number of carbonyl (C=O) groups excluding carboxylic acids is 1. The second-order valence-corrected chi connectivity index (χ2v) is 8.07. The van der Waals surface area contributed by atoms with Gasteiger partial charge in [0.25, 0.3) is 5.91 Å². The molecule has 5 nitrogen and oxygen atoms in total. The number of hydrogen-bond acceptors (Lipinski definition) is 3. The van der Waals surface area contributed by atoms with E-state index in [4.69, 9.17) is 0 Å². The van der Waals surface area contributed by atoms with E-state index in [1.54, 1.807) is 0 Å². The summed E-state index contributed by atoms with van der Waals surface area (Å²) >= 11 is 0. The van der Waals surface area contributed by atoms with Gasteiger partial charge in [-0.15, -0.1) is 0 Å². The highest BCUT2D eigenvalue weighted by Crippen LogP contribution is 2.31. The second kappa shape index (κ2) is 7.47. The molecule has 2 bridgehead atoms. The number of hydrogen-bond donors (Lipinski definition) is 0. The largest absolute Gasteiger partial charge is 0.337 e. The first kappa shape index (κ1) is 18.2. The van der Waals surface area contributed by atoms with Gasteiger partial charge in [-0.1, -0.05) is 18.2 Å². The van der Waals surface area contributed by atoms with Crippen LogP contribution in [0.1, 0.15) is 47.1 Å². The van der Waals surface area contributed by atoms with Gasteiger partial charge in [0.15, 0.2) is 0 Å². The molecule has 0 saturated carbocycles. The average Bonchev–Trinajstić information content (AvgIpc) is 2.88. The molecule has 3 aliphatic heterocycles. The maximum absolute atomic E-state index is 13.0. The van der Waals surface area contributed by atoms with Crippen molar-refractivity contribution in [2.75, 3.05) is 19.6 Å². The highest BCUT2D eigenvalue weighted by atomic mass is 16.2. The van der Waals surface area contributed by atoms with Gasteiger partial charge in [-0.05, 0) is 51.7 Å². The van der Waals surface area contributed by atoms with Gasteiger partial charge in [0.2, 0.25) is 0 Å². The molecular formula is C22H30N4O. The lowest BCUT2D eigenvalue weighted by molar-refractivity contribution is 0.0736. The maximum atomic E-state index is 13.0. The Labute approximate surface area is 162 Å². The predicted molar refractivity (Wildman–Crippen MR) is 107 cm³/mol. The smallest absolute Gasteiger partial charge is 0.253 e. The summed E-state index contributed by atoms with van der Waals surface area (Å²) in [7, 11) is 0. The zero-order chi connectivity index (χ0) is 19.0. The number of carbonyl (C=O) groups is 1. The summed E-state index contributed by atoms with van der Waals surface area (Å²) in [5.41, 5.74) is 4.60. The van der Waals surface area contributed by atoms with Crippen molar-refractivity contribution in [3.63, 3.8) is 0 Å². The minimum Gasteiger partial charge on any atom is -0.337 e. The fourth-order valence-corrected chi connectivity index (χ4v) is 4.78. The number of amides is 1. The van der Waals surface area contributed by atoms with Gasteiger partial charge in [-0.25, -0.2) is 0 Å². The number of piperidine rings is 1. The lowest BCUT2D eigenvalue weighted by Gasteiger charge is -2.36. The fraction of sp³-hybridized carbons (Fsp3) is 0.545. The molecule has 0 unspecified atom stereocenters. The number of aromatic nitrogens is 2. The van der Waals surface area contributed by atoms with E-state index in [9.17, 15) is 4.79 Å². The minimum atomic E-state index is 0.181. The van der Waals surface area contributed by atoms with Crippen molar-refractivity contribution in [3.8, 4) is 0 Å². The Bertz CT molecular complexity index is 813. The lowest BCUT2D eigenvalue weighted by Crippen LogP contribution is -2.44. The quantitative estimate of drug-likeness (QED) is 0.834. The van der Waals surface area contributed by atoms with Crippen molar-refractivity contribution in [1.82, 2.24) is 19.6 Å². The Kier molecular flexibility index (Phi) is 5.04. The summed E-state index contributed by atoms with van der Waals surface area (Å²) in [6, 6.07) is 10.2. The molecule has 5 rings (SSSR count). The normalized spacial score (nSPS) is 22.9. The Morgan fingerprint density at radius 3 is 2.59 bits per heavy atom. The third-order valence-electron chi connectivity index (χ3n) is 6.33. The van der Waals surface area contributed by atoms with Crippen LogP contribution in [0.15, 0.2) is 30.3 Å². The van der Waals surface area contributed by atoms with E-state index in [2.05, 4.69) is 40.4 Å². The summed E-state index contributed by atoms with van der Waals surface area (Å²) in [4.78, 5) is 17.7. The third-order valence-corrected chi connectivity index (χ3v) is 6.33. The highest BCUT2D eigenvalue weighted by molar-refractivity contribution is 5.94. The third kappa shape index (κ3) is 3.53. The number of nitrogens with zero attached hydrogens (tertiary/aromatic N) is 4. The molecule has 27 heavy (non-hydrogen) atoms. The molecule has 1 amide bonds. The first-order valence-electron chi connectivity index (χ1n) is 10.2. The van der Waals surface area contributed by atoms with Crippen molar-refractivity contribution >= 4 is 5.91 Å². The van der Waals surface area contributed by atoms with E-state index in [1.165, 1.54) is 24.1 Å². The topological polar surface area (TPSA) is 41.4 Å². The zero-order valence-corrected chi connectivity index (χ0v) is 16.7. The van der Waals surface area contributed by atoms with Crippen molar-refractivity contribution in [1.29, 1.82) is 0 Å². The highest BCUT2D eigenvalue weighted by Gasteiger charge is 2.37. The molecule has 5 heteroatoms. The van der Waals surface area contributed by atoms with Gasteiger partial charge < -0.3 is 4.90 Å². The number of fused-ring (bicyclic) bond motifs is 4. The average molecular weight is 367 g/mol. The summed E-state index contributed by atoms with van der Waals surface area (Å²) in [5, 5.41) is 4.69.